The molecule has 5 rings (SSSR count). The molecular weight excluding hydrogens is 474 g/mol. The van der Waals surface area contributed by atoms with E-state index in [9.17, 15) is 4.79 Å². The van der Waals surface area contributed by atoms with Crippen molar-refractivity contribution in [3.63, 3.8) is 0 Å². The monoisotopic (exact) mass is 501 g/mol. The van der Waals surface area contributed by atoms with Crippen molar-refractivity contribution >= 4 is 34.4 Å². The topological polar surface area (TPSA) is 93.9 Å². The number of fused-ring (bicyclic) bond motifs is 1. The lowest BCUT2D eigenvalue weighted by Gasteiger charge is -2.26. The fourth-order valence-electron chi connectivity index (χ4n) is 4.56. The minimum absolute atomic E-state index is 0.217. The Kier molecular flexibility index (Phi) is 7.52. The number of para-hydroxylation sites is 1. The third kappa shape index (κ3) is 5.71. The number of nitrogens with zero attached hydrogens (tertiary/aromatic N) is 3. The Bertz CT molecular complexity index is 1350. The van der Waals surface area contributed by atoms with Crippen LogP contribution in [0.3, 0.4) is 0 Å². The van der Waals surface area contributed by atoms with Crippen LogP contribution in [0.5, 0.6) is 5.88 Å². The molecule has 0 amide bonds. The van der Waals surface area contributed by atoms with Crippen molar-refractivity contribution in [2.45, 2.75) is 44.8 Å². The zero-order chi connectivity index (χ0) is 24.7. The summed E-state index contributed by atoms with van der Waals surface area (Å²) in [5, 5.41) is 14.5. The number of carbonyl (C=O) groups is 1. The van der Waals surface area contributed by atoms with Gasteiger partial charge in [-0.3, -0.25) is 0 Å². The van der Waals surface area contributed by atoms with E-state index in [1.54, 1.807) is 0 Å². The summed E-state index contributed by atoms with van der Waals surface area (Å²) in [5.74, 6) is -0.411. The van der Waals surface area contributed by atoms with E-state index < -0.39 is 12.1 Å². The predicted octanol–water partition coefficient (Wildman–Crippen LogP) is 6.65. The number of hydrogen-bond acceptors (Lipinski definition) is 7. The SMILES string of the molecule is O=C(O)/C=N/OC(c1nc(OCc2ccc3ccccc3n2)c(-c2ccccc2)s1)C1CCCCC1. The first-order valence-electron chi connectivity index (χ1n) is 12.1. The molecular formula is C28H27N3O4S. The molecule has 0 bridgehead atoms. The smallest absolute Gasteiger partial charge is 0.350 e. The standard InChI is InChI=1S/C28H27N3O4S/c32-24(33)17-29-35-25(20-10-3-1-4-11-20)28-31-27(26(36-28)21-12-5-2-6-13-21)34-18-22-16-15-19-9-7-8-14-23(19)30-22/h2,5-9,12-17,20,25H,1,3-4,10-11,18H2,(H,32,33)/b29-17+. The number of oxime groups is 1. The fraction of sp³-hybridized carbons (Fsp3) is 0.286. The highest BCUT2D eigenvalue weighted by molar-refractivity contribution is 7.15. The maximum absolute atomic E-state index is 11.0. The van der Waals surface area contributed by atoms with Crippen LogP contribution in [-0.4, -0.2) is 27.3 Å². The van der Waals surface area contributed by atoms with Crippen molar-refractivity contribution in [3.05, 3.63) is 77.4 Å². The van der Waals surface area contributed by atoms with E-state index in [2.05, 4.69) is 5.16 Å². The third-order valence-electron chi connectivity index (χ3n) is 6.32. The maximum atomic E-state index is 11.0. The normalized spacial score (nSPS) is 15.2. The summed E-state index contributed by atoms with van der Waals surface area (Å²) in [6.07, 6.45) is 5.76. The van der Waals surface area contributed by atoms with Crippen LogP contribution in [0.15, 0.2) is 71.9 Å². The molecule has 36 heavy (non-hydrogen) atoms. The van der Waals surface area contributed by atoms with Gasteiger partial charge >= 0.3 is 5.97 Å². The highest BCUT2D eigenvalue weighted by atomic mass is 32.1. The molecule has 0 radical (unpaired) electrons. The van der Waals surface area contributed by atoms with Gasteiger partial charge in [0.25, 0.3) is 0 Å². The molecule has 184 valence electrons. The Hall–Kier alpha value is -3.78. The van der Waals surface area contributed by atoms with E-state index in [4.69, 9.17) is 24.6 Å². The number of carboxylic acids is 1. The molecule has 1 unspecified atom stereocenters. The molecule has 8 heteroatoms. The summed E-state index contributed by atoms with van der Waals surface area (Å²) in [6, 6.07) is 22.0. The number of pyridine rings is 1. The quantitative estimate of drug-likeness (QED) is 0.204. The van der Waals surface area contributed by atoms with Gasteiger partial charge < -0.3 is 14.7 Å². The lowest BCUT2D eigenvalue weighted by atomic mass is 9.85. The van der Waals surface area contributed by atoms with Gasteiger partial charge in [-0.2, -0.15) is 0 Å². The lowest BCUT2D eigenvalue weighted by Crippen LogP contribution is -2.18. The molecule has 0 saturated heterocycles. The first-order valence-corrected chi connectivity index (χ1v) is 12.9. The van der Waals surface area contributed by atoms with Crippen molar-refractivity contribution < 1.29 is 19.5 Å². The summed E-state index contributed by atoms with van der Waals surface area (Å²) in [7, 11) is 0. The number of aliphatic carboxylic acids is 1. The van der Waals surface area contributed by atoms with Crippen LogP contribution in [-0.2, 0) is 16.2 Å². The molecule has 4 aromatic rings. The average molecular weight is 502 g/mol. The molecule has 1 aliphatic rings. The van der Waals surface area contributed by atoms with Crippen LogP contribution < -0.4 is 4.74 Å². The van der Waals surface area contributed by atoms with Crippen LogP contribution in [0.4, 0.5) is 0 Å². The molecule has 0 aliphatic heterocycles. The molecule has 1 fully saturated rings. The molecule has 2 aromatic carbocycles. The summed E-state index contributed by atoms with van der Waals surface area (Å²) in [4.78, 5) is 27.2. The van der Waals surface area contributed by atoms with Gasteiger partial charge in [0.2, 0.25) is 5.88 Å². The molecule has 1 atom stereocenters. The van der Waals surface area contributed by atoms with Crippen LogP contribution in [0.1, 0.15) is 48.9 Å². The van der Waals surface area contributed by atoms with Gasteiger partial charge in [0.1, 0.15) is 11.6 Å². The molecule has 2 heterocycles. The molecule has 1 N–H and O–H groups in total. The van der Waals surface area contributed by atoms with Crippen LogP contribution in [0.25, 0.3) is 21.3 Å². The van der Waals surface area contributed by atoms with Gasteiger partial charge in [0.15, 0.2) is 12.3 Å². The predicted molar refractivity (Wildman–Crippen MR) is 140 cm³/mol. The van der Waals surface area contributed by atoms with E-state index in [1.165, 1.54) is 17.8 Å². The fourth-order valence-corrected chi connectivity index (χ4v) is 5.69. The first-order chi connectivity index (χ1) is 17.7. The number of rotatable bonds is 9. The Balaban J connectivity index is 1.45. The van der Waals surface area contributed by atoms with E-state index >= 15 is 0 Å². The molecule has 7 nitrogen and oxygen atoms in total. The average Bonchev–Trinajstić information content (AvgIpc) is 3.34. The van der Waals surface area contributed by atoms with Gasteiger partial charge in [0, 0.05) is 11.3 Å². The van der Waals surface area contributed by atoms with Crippen molar-refractivity contribution in [2.75, 3.05) is 0 Å². The maximum Gasteiger partial charge on any atom is 0.350 e. The Labute approximate surface area is 213 Å². The minimum Gasteiger partial charge on any atom is -0.477 e. The highest BCUT2D eigenvalue weighted by Gasteiger charge is 2.31. The van der Waals surface area contributed by atoms with Gasteiger partial charge in [-0.1, -0.05) is 79.0 Å². The second-order valence-electron chi connectivity index (χ2n) is 8.83. The number of aromatic nitrogens is 2. The zero-order valence-corrected chi connectivity index (χ0v) is 20.6. The van der Waals surface area contributed by atoms with E-state index in [0.29, 0.717) is 5.88 Å². The van der Waals surface area contributed by atoms with E-state index in [1.807, 2.05) is 66.7 Å². The number of hydrogen-bond donors (Lipinski definition) is 1. The molecule has 1 aliphatic carbocycles. The first kappa shape index (κ1) is 23.9. The van der Waals surface area contributed by atoms with Crippen molar-refractivity contribution in [1.82, 2.24) is 9.97 Å². The second kappa shape index (κ2) is 11.3. The zero-order valence-electron chi connectivity index (χ0n) is 19.7. The van der Waals surface area contributed by atoms with Crippen molar-refractivity contribution in [1.29, 1.82) is 0 Å². The minimum atomic E-state index is -1.14. The van der Waals surface area contributed by atoms with Gasteiger partial charge in [-0.05, 0) is 30.5 Å². The highest BCUT2D eigenvalue weighted by Crippen LogP contribution is 2.44. The van der Waals surface area contributed by atoms with Gasteiger partial charge in [-0.15, -0.1) is 11.3 Å². The van der Waals surface area contributed by atoms with Gasteiger partial charge in [-0.25, -0.2) is 14.8 Å². The Morgan fingerprint density at radius 2 is 1.81 bits per heavy atom. The van der Waals surface area contributed by atoms with Crippen LogP contribution in [0.2, 0.25) is 0 Å². The summed E-state index contributed by atoms with van der Waals surface area (Å²) < 4.78 is 6.24. The van der Waals surface area contributed by atoms with Crippen LogP contribution in [0, 0.1) is 5.92 Å². The number of benzene rings is 2. The molecule has 0 spiro atoms. The lowest BCUT2D eigenvalue weighted by molar-refractivity contribution is -0.129. The largest absolute Gasteiger partial charge is 0.477 e. The van der Waals surface area contributed by atoms with Crippen LogP contribution >= 0.6 is 11.3 Å². The second-order valence-corrected chi connectivity index (χ2v) is 9.86. The number of ether oxygens (including phenoxy) is 1. The summed E-state index contributed by atoms with van der Waals surface area (Å²) in [6.45, 7) is 0.278. The number of thiazole rings is 1. The third-order valence-corrected chi connectivity index (χ3v) is 7.47. The van der Waals surface area contributed by atoms with E-state index in [0.717, 1.165) is 63.9 Å². The van der Waals surface area contributed by atoms with Gasteiger partial charge in [0.05, 0.1) is 16.1 Å². The molecule has 1 saturated carbocycles. The molecule has 2 aromatic heterocycles. The van der Waals surface area contributed by atoms with Crippen molar-refractivity contribution in [2.24, 2.45) is 11.1 Å². The van der Waals surface area contributed by atoms with Crippen molar-refractivity contribution in [3.8, 4) is 16.3 Å². The summed E-state index contributed by atoms with van der Waals surface area (Å²) >= 11 is 1.51. The van der Waals surface area contributed by atoms with E-state index in [-0.39, 0.29) is 12.5 Å². The Morgan fingerprint density at radius 3 is 2.61 bits per heavy atom. The summed E-state index contributed by atoms with van der Waals surface area (Å²) in [5.41, 5.74) is 2.73. The Morgan fingerprint density at radius 1 is 1.03 bits per heavy atom. The number of carboxylic acid groups (broad SMARTS) is 1.